The molecule has 1 fully saturated rings. The van der Waals surface area contributed by atoms with E-state index in [0.717, 1.165) is 4.90 Å². The van der Waals surface area contributed by atoms with Crippen molar-refractivity contribution in [2.45, 2.75) is 9.75 Å². The first-order valence-electron chi connectivity index (χ1n) is 11.2. The van der Waals surface area contributed by atoms with Crippen molar-refractivity contribution >= 4 is 52.6 Å². The van der Waals surface area contributed by atoms with Gasteiger partial charge in [0.05, 0.1) is 17.4 Å². The molecule has 1 aliphatic heterocycles. The summed E-state index contributed by atoms with van der Waals surface area (Å²) in [4.78, 5) is 49.6. The molecule has 2 atom stereocenters. The van der Waals surface area contributed by atoms with Crippen molar-refractivity contribution in [3.8, 4) is 0 Å². The van der Waals surface area contributed by atoms with Crippen LogP contribution in [0.3, 0.4) is 0 Å². The number of carboxylic acids is 1. The minimum Gasteiger partial charge on any atom is -0.478 e. The molecule has 180 valence electrons. The molecule has 0 aromatic heterocycles. The summed E-state index contributed by atoms with van der Waals surface area (Å²) >= 11 is 14.7. The molecule has 3 aliphatic carbocycles. The third kappa shape index (κ3) is 2.81. The van der Waals surface area contributed by atoms with Gasteiger partial charge in [0.1, 0.15) is 16.3 Å². The number of amides is 3. The molecule has 0 saturated carbocycles. The highest BCUT2D eigenvalue weighted by atomic mass is 35.5. The van der Waals surface area contributed by atoms with Crippen molar-refractivity contribution in [2.75, 3.05) is 11.9 Å². The summed E-state index contributed by atoms with van der Waals surface area (Å²) in [6.45, 7) is -0.516. The summed E-state index contributed by atoms with van der Waals surface area (Å²) in [5.41, 5.74) is 3.15. The minimum absolute atomic E-state index is 0.0661. The molecule has 3 amide bonds. The highest BCUT2D eigenvalue weighted by molar-refractivity contribution is 6.36. The van der Waals surface area contributed by atoms with Crippen LogP contribution in [0, 0.1) is 11.8 Å². The van der Waals surface area contributed by atoms with E-state index in [1.165, 1.54) is 24.3 Å². The fraction of sp³-hybridized carbons (Fsp3) is 0.185. The van der Waals surface area contributed by atoms with Crippen molar-refractivity contribution in [3.05, 3.63) is 101 Å². The number of imide groups is 1. The maximum atomic E-state index is 13.7. The van der Waals surface area contributed by atoms with Crippen molar-refractivity contribution in [3.63, 3.8) is 0 Å². The largest absolute Gasteiger partial charge is 0.478 e. The van der Waals surface area contributed by atoms with E-state index in [-0.39, 0.29) is 5.56 Å². The van der Waals surface area contributed by atoms with Gasteiger partial charge in [-0.1, -0.05) is 48.5 Å². The van der Waals surface area contributed by atoms with Gasteiger partial charge in [-0.25, -0.2) is 4.79 Å². The lowest BCUT2D eigenvalue weighted by atomic mass is 9.54. The number of aromatic carboxylic acids is 1. The summed E-state index contributed by atoms with van der Waals surface area (Å²) in [7, 11) is 0. The molecular weight excluding hydrogens is 503 g/mol. The Morgan fingerprint density at radius 1 is 0.778 bits per heavy atom. The number of hydrogen-bond donors (Lipinski definition) is 2. The number of carbonyl (C=O) groups is 4. The number of carbonyl (C=O) groups excluding carboxylic acids is 3. The lowest BCUT2D eigenvalue weighted by Gasteiger charge is -2.54. The average Bonchev–Trinajstić information content (AvgIpc) is 3.13. The SMILES string of the molecule is O=C(CN1C(=O)[C@@H]2[C@H](C1=O)C1(Cl)c3ccccc3C2(Cl)c2ccccc21)Nc1ccc(C(=O)O)cc1. The van der Waals surface area contributed by atoms with E-state index in [9.17, 15) is 19.2 Å². The molecule has 4 aliphatic rings. The molecule has 1 heterocycles. The number of likely N-dealkylation sites (tertiary alicyclic amines) is 1. The molecule has 36 heavy (non-hydrogen) atoms. The number of nitrogens with zero attached hydrogens (tertiary/aromatic N) is 1. The Kier molecular flexibility index (Phi) is 4.84. The Morgan fingerprint density at radius 3 is 1.58 bits per heavy atom. The van der Waals surface area contributed by atoms with Gasteiger partial charge in [0.25, 0.3) is 0 Å². The maximum absolute atomic E-state index is 13.7. The number of rotatable bonds is 4. The third-order valence-corrected chi connectivity index (χ3v) is 8.68. The second kappa shape index (κ2) is 7.66. The summed E-state index contributed by atoms with van der Waals surface area (Å²) in [6, 6.07) is 20.2. The third-order valence-electron chi connectivity index (χ3n) is 7.39. The Hall–Kier alpha value is -3.68. The Morgan fingerprint density at radius 2 is 1.19 bits per heavy atom. The topological polar surface area (TPSA) is 104 Å². The monoisotopic (exact) mass is 520 g/mol. The number of hydrogen-bond acceptors (Lipinski definition) is 4. The van der Waals surface area contributed by atoms with Crippen LogP contribution >= 0.6 is 23.2 Å². The van der Waals surface area contributed by atoms with Gasteiger partial charge in [-0.3, -0.25) is 19.3 Å². The molecule has 3 aromatic rings. The zero-order valence-corrected chi connectivity index (χ0v) is 20.1. The highest BCUT2D eigenvalue weighted by Gasteiger charge is 2.73. The smallest absolute Gasteiger partial charge is 0.335 e. The fourth-order valence-electron chi connectivity index (χ4n) is 5.92. The van der Waals surface area contributed by atoms with Crippen LogP contribution in [0.4, 0.5) is 5.69 Å². The van der Waals surface area contributed by atoms with Crippen LogP contribution in [-0.4, -0.2) is 40.2 Å². The van der Waals surface area contributed by atoms with E-state index in [2.05, 4.69) is 5.32 Å². The molecule has 3 aromatic carbocycles. The lowest BCUT2D eigenvalue weighted by molar-refractivity contribution is -0.142. The predicted molar refractivity (Wildman–Crippen MR) is 132 cm³/mol. The first-order valence-corrected chi connectivity index (χ1v) is 12.0. The van der Waals surface area contributed by atoms with Gasteiger partial charge in [0, 0.05) is 5.69 Å². The normalized spacial score (nSPS) is 27.3. The van der Waals surface area contributed by atoms with Crippen LogP contribution < -0.4 is 5.32 Å². The first kappa shape index (κ1) is 22.8. The molecule has 7 rings (SSSR count). The van der Waals surface area contributed by atoms with Gasteiger partial charge in [0.2, 0.25) is 17.7 Å². The van der Waals surface area contributed by atoms with Crippen LogP contribution in [0.25, 0.3) is 0 Å². The number of benzene rings is 3. The number of nitrogens with one attached hydrogen (secondary N) is 1. The van der Waals surface area contributed by atoms with Gasteiger partial charge in [-0.05, 0) is 46.5 Å². The van der Waals surface area contributed by atoms with Crippen LogP contribution in [0.1, 0.15) is 32.6 Å². The van der Waals surface area contributed by atoms with Gasteiger partial charge in [-0.2, -0.15) is 0 Å². The Balaban J connectivity index is 1.37. The maximum Gasteiger partial charge on any atom is 0.335 e. The first-order chi connectivity index (χ1) is 17.2. The van der Waals surface area contributed by atoms with E-state index in [4.69, 9.17) is 28.3 Å². The summed E-state index contributed by atoms with van der Waals surface area (Å²) in [5, 5.41) is 11.6. The van der Waals surface area contributed by atoms with Gasteiger partial charge >= 0.3 is 5.97 Å². The molecule has 0 unspecified atom stereocenters. The van der Waals surface area contributed by atoms with Gasteiger partial charge < -0.3 is 10.4 Å². The van der Waals surface area contributed by atoms with E-state index in [1.807, 2.05) is 48.5 Å². The molecular formula is C27H18Cl2N2O5. The fourth-order valence-corrected chi connectivity index (χ4v) is 7.02. The minimum atomic E-state index is -1.31. The molecule has 0 radical (unpaired) electrons. The van der Waals surface area contributed by atoms with Crippen molar-refractivity contribution < 1.29 is 24.3 Å². The number of anilines is 1. The highest BCUT2D eigenvalue weighted by Crippen LogP contribution is 2.69. The van der Waals surface area contributed by atoms with Gasteiger partial charge in [0.15, 0.2) is 0 Å². The van der Waals surface area contributed by atoms with Crippen LogP contribution in [-0.2, 0) is 24.1 Å². The Labute approximate surface area is 215 Å². The van der Waals surface area contributed by atoms with Gasteiger partial charge in [-0.15, -0.1) is 23.2 Å². The van der Waals surface area contributed by atoms with E-state index >= 15 is 0 Å². The average molecular weight is 521 g/mol. The standard InChI is InChI=1S/C27H18Cl2N2O5/c28-26-16-5-1-2-6-17(16)27(29,19-8-4-3-7-18(19)26)22-21(26)23(33)31(24(22)34)13-20(32)30-15-11-9-14(10-12-15)25(35)36/h1-12,21-22H,13H2,(H,30,32)(H,35,36)/t21-,22+,26?,27?. The number of alkyl halides is 2. The zero-order chi connectivity index (χ0) is 25.4. The second-order valence-electron chi connectivity index (χ2n) is 9.16. The molecule has 1 saturated heterocycles. The Bertz CT molecular complexity index is 1360. The molecule has 2 bridgehead atoms. The van der Waals surface area contributed by atoms with Crippen molar-refractivity contribution in [1.82, 2.24) is 4.90 Å². The predicted octanol–water partition coefficient (Wildman–Crippen LogP) is 3.92. The van der Waals surface area contributed by atoms with E-state index in [1.54, 1.807) is 0 Å². The summed E-state index contributed by atoms with van der Waals surface area (Å²) in [5.74, 6) is -4.75. The molecule has 2 N–H and O–H groups in total. The second-order valence-corrected chi connectivity index (χ2v) is 10.4. The summed E-state index contributed by atoms with van der Waals surface area (Å²) < 4.78 is 0. The van der Waals surface area contributed by atoms with Crippen molar-refractivity contribution in [1.29, 1.82) is 0 Å². The number of halogens is 2. The number of carboxylic acid groups (broad SMARTS) is 1. The van der Waals surface area contributed by atoms with Crippen LogP contribution in [0.2, 0.25) is 0 Å². The summed E-state index contributed by atoms with van der Waals surface area (Å²) in [6.07, 6.45) is 0. The quantitative estimate of drug-likeness (QED) is 0.400. The molecule has 7 nitrogen and oxygen atoms in total. The lowest BCUT2D eigenvalue weighted by Crippen LogP contribution is -2.57. The zero-order valence-electron chi connectivity index (χ0n) is 18.6. The van der Waals surface area contributed by atoms with Crippen LogP contribution in [0.5, 0.6) is 0 Å². The van der Waals surface area contributed by atoms with Crippen LogP contribution in [0.15, 0.2) is 72.8 Å². The van der Waals surface area contributed by atoms with E-state index < -0.39 is 51.8 Å². The van der Waals surface area contributed by atoms with E-state index in [0.29, 0.717) is 27.9 Å². The van der Waals surface area contributed by atoms with Crippen molar-refractivity contribution in [2.24, 2.45) is 11.8 Å². The molecule has 0 spiro atoms. The molecule has 9 heteroatoms.